The Hall–Kier alpha value is -1.83. The lowest BCUT2D eigenvalue weighted by molar-refractivity contribution is 0.949. The number of rotatable bonds is 5. The van der Waals surface area contributed by atoms with Crippen molar-refractivity contribution in [1.82, 2.24) is 25.1 Å². The predicted molar refractivity (Wildman–Crippen MR) is 65.7 cm³/mol. The highest BCUT2D eigenvalue weighted by Crippen LogP contribution is 2.24. The quantitative estimate of drug-likeness (QED) is 0.684. The molecule has 0 aromatic carbocycles. The average molecular weight is 251 g/mol. The number of nitrogens with zero attached hydrogens (tertiary/aromatic N) is 4. The summed E-state index contributed by atoms with van der Waals surface area (Å²) < 4.78 is 0. The highest BCUT2D eigenvalue weighted by atomic mass is 32.2. The Bertz CT molecular complexity index is 470. The molecule has 0 aliphatic rings. The van der Waals surface area contributed by atoms with Crippen molar-refractivity contribution in [3.63, 3.8) is 0 Å². The summed E-state index contributed by atoms with van der Waals surface area (Å²) in [4.78, 5) is 12.2. The molecule has 17 heavy (non-hydrogen) atoms. The molecule has 0 unspecified atom stereocenters. The molecule has 2 rings (SSSR count). The lowest BCUT2D eigenvalue weighted by Crippen LogP contribution is -2.05. The maximum absolute atomic E-state index is 5.64. The van der Waals surface area contributed by atoms with Crippen molar-refractivity contribution in [2.75, 3.05) is 17.6 Å². The maximum atomic E-state index is 5.64. The molecule has 0 aliphatic carbocycles. The molecule has 7 nitrogen and oxygen atoms in total. The molecular weight excluding hydrogens is 238 g/mol. The smallest absolute Gasteiger partial charge is 0.223 e. The van der Waals surface area contributed by atoms with E-state index in [9.17, 15) is 0 Å². The fourth-order valence-corrected chi connectivity index (χ4v) is 1.89. The van der Waals surface area contributed by atoms with Gasteiger partial charge in [0.25, 0.3) is 0 Å². The summed E-state index contributed by atoms with van der Waals surface area (Å²) in [6.07, 6.45) is 2.47. The van der Waals surface area contributed by atoms with Gasteiger partial charge in [-0.2, -0.15) is 10.1 Å². The largest absolute Gasteiger partial charge is 0.370 e. The van der Waals surface area contributed by atoms with Gasteiger partial charge < -0.3 is 11.1 Å². The first kappa shape index (κ1) is 11.6. The fraction of sp³-hybridized carbons (Fsp3) is 0.333. The minimum Gasteiger partial charge on any atom is -0.370 e. The standard InChI is InChI=1S/C9H13N7S/c1-2-3-11-6-4-7(15-8(10)14-6)17-9-12-5-13-16-9/h4-5H,2-3H2,1H3,(H,12,13,16)(H3,10,11,14,15). The number of hydrogen-bond acceptors (Lipinski definition) is 7. The summed E-state index contributed by atoms with van der Waals surface area (Å²) in [5.74, 6) is 0.967. The zero-order chi connectivity index (χ0) is 12.1. The molecule has 4 N–H and O–H groups in total. The Kier molecular flexibility index (Phi) is 3.76. The second-order valence-corrected chi connectivity index (χ2v) is 4.28. The van der Waals surface area contributed by atoms with Gasteiger partial charge in [0.2, 0.25) is 5.95 Å². The molecule has 90 valence electrons. The zero-order valence-electron chi connectivity index (χ0n) is 9.34. The van der Waals surface area contributed by atoms with E-state index in [0.29, 0.717) is 5.16 Å². The molecule has 0 saturated heterocycles. The van der Waals surface area contributed by atoms with E-state index < -0.39 is 0 Å². The van der Waals surface area contributed by atoms with Crippen LogP contribution >= 0.6 is 11.8 Å². The van der Waals surface area contributed by atoms with E-state index in [4.69, 9.17) is 5.73 Å². The molecule has 8 heteroatoms. The van der Waals surface area contributed by atoms with Crippen molar-refractivity contribution in [2.24, 2.45) is 0 Å². The van der Waals surface area contributed by atoms with Crippen LogP contribution in [0.3, 0.4) is 0 Å². The van der Waals surface area contributed by atoms with Crippen LogP contribution in [0, 0.1) is 0 Å². The van der Waals surface area contributed by atoms with Crippen molar-refractivity contribution in [2.45, 2.75) is 23.5 Å². The molecule has 0 amide bonds. The summed E-state index contributed by atoms with van der Waals surface area (Å²) in [6.45, 7) is 2.94. The number of hydrogen-bond donors (Lipinski definition) is 3. The molecule has 0 aliphatic heterocycles. The minimum absolute atomic E-state index is 0.244. The molecule has 0 radical (unpaired) electrons. The van der Waals surface area contributed by atoms with Gasteiger partial charge in [-0.05, 0) is 18.2 Å². The second kappa shape index (κ2) is 5.48. The van der Waals surface area contributed by atoms with Gasteiger partial charge >= 0.3 is 0 Å². The molecule has 0 fully saturated rings. The molecule has 2 aromatic heterocycles. The van der Waals surface area contributed by atoms with E-state index in [1.54, 1.807) is 0 Å². The molecule has 0 atom stereocenters. The van der Waals surface area contributed by atoms with Gasteiger partial charge in [0.15, 0.2) is 5.16 Å². The van der Waals surface area contributed by atoms with Gasteiger partial charge in [-0.25, -0.2) is 9.97 Å². The minimum atomic E-state index is 0.244. The van der Waals surface area contributed by atoms with Crippen LogP contribution in [0.2, 0.25) is 0 Å². The van der Waals surface area contributed by atoms with Crippen LogP contribution in [0.15, 0.2) is 22.6 Å². The van der Waals surface area contributed by atoms with E-state index >= 15 is 0 Å². The Morgan fingerprint density at radius 1 is 1.47 bits per heavy atom. The Morgan fingerprint density at radius 2 is 2.35 bits per heavy atom. The van der Waals surface area contributed by atoms with Crippen LogP contribution in [0.1, 0.15) is 13.3 Å². The third-order valence-corrected chi connectivity index (χ3v) is 2.68. The third-order valence-electron chi connectivity index (χ3n) is 1.87. The van der Waals surface area contributed by atoms with Crippen molar-refractivity contribution in [3.05, 3.63) is 12.4 Å². The van der Waals surface area contributed by atoms with Crippen molar-refractivity contribution in [3.8, 4) is 0 Å². The van der Waals surface area contributed by atoms with Crippen LogP contribution in [0.25, 0.3) is 0 Å². The summed E-state index contributed by atoms with van der Waals surface area (Å²) >= 11 is 1.36. The second-order valence-electron chi connectivity index (χ2n) is 3.27. The fourth-order valence-electron chi connectivity index (χ4n) is 1.18. The number of nitrogens with two attached hydrogens (primary N) is 1. The number of anilines is 2. The summed E-state index contributed by atoms with van der Waals surface area (Å²) in [5.41, 5.74) is 5.64. The Morgan fingerprint density at radius 3 is 3.06 bits per heavy atom. The van der Waals surface area contributed by atoms with Gasteiger partial charge in [-0.1, -0.05) is 6.92 Å². The topological polar surface area (TPSA) is 105 Å². The van der Waals surface area contributed by atoms with Crippen LogP contribution < -0.4 is 11.1 Å². The number of nitrogen functional groups attached to an aromatic ring is 1. The van der Waals surface area contributed by atoms with Crippen molar-refractivity contribution < 1.29 is 0 Å². The number of aromatic amines is 1. The summed E-state index contributed by atoms with van der Waals surface area (Å²) in [5, 5.41) is 11.1. The normalized spacial score (nSPS) is 10.4. The highest BCUT2D eigenvalue weighted by molar-refractivity contribution is 7.99. The third kappa shape index (κ3) is 3.31. The maximum Gasteiger partial charge on any atom is 0.223 e. The first-order valence-electron chi connectivity index (χ1n) is 5.19. The van der Waals surface area contributed by atoms with Gasteiger partial charge in [0.05, 0.1) is 0 Å². The number of aromatic nitrogens is 5. The zero-order valence-corrected chi connectivity index (χ0v) is 10.2. The predicted octanol–water partition coefficient (Wildman–Crippen LogP) is 1.15. The van der Waals surface area contributed by atoms with Gasteiger partial charge in [-0.3, -0.25) is 5.10 Å². The van der Waals surface area contributed by atoms with Crippen LogP contribution in [-0.4, -0.2) is 31.7 Å². The van der Waals surface area contributed by atoms with Crippen LogP contribution in [0.4, 0.5) is 11.8 Å². The molecule has 0 saturated carbocycles. The monoisotopic (exact) mass is 251 g/mol. The van der Waals surface area contributed by atoms with E-state index in [2.05, 4.69) is 37.4 Å². The lowest BCUT2D eigenvalue weighted by Gasteiger charge is -2.05. The van der Waals surface area contributed by atoms with E-state index in [1.807, 2.05) is 6.07 Å². The van der Waals surface area contributed by atoms with E-state index in [1.165, 1.54) is 18.1 Å². The Labute approximate surface area is 103 Å². The first-order valence-corrected chi connectivity index (χ1v) is 6.01. The molecular formula is C9H13N7S. The van der Waals surface area contributed by atoms with Crippen molar-refractivity contribution >= 4 is 23.5 Å². The average Bonchev–Trinajstić information content (AvgIpc) is 2.78. The molecule has 2 heterocycles. The number of H-pyrrole nitrogens is 1. The van der Waals surface area contributed by atoms with Gasteiger partial charge in [0.1, 0.15) is 17.2 Å². The SMILES string of the molecule is CCCNc1cc(Sc2ncn[nH]2)nc(N)n1. The Balaban J connectivity index is 2.13. The van der Waals surface area contributed by atoms with E-state index in [0.717, 1.165) is 23.8 Å². The molecule has 0 bridgehead atoms. The molecule has 2 aromatic rings. The van der Waals surface area contributed by atoms with Crippen LogP contribution in [0.5, 0.6) is 0 Å². The van der Waals surface area contributed by atoms with E-state index in [-0.39, 0.29) is 5.95 Å². The van der Waals surface area contributed by atoms with Crippen molar-refractivity contribution in [1.29, 1.82) is 0 Å². The van der Waals surface area contributed by atoms with Gasteiger partial charge in [-0.15, -0.1) is 0 Å². The number of nitrogens with one attached hydrogen (secondary N) is 2. The van der Waals surface area contributed by atoms with Gasteiger partial charge in [0, 0.05) is 12.6 Å². The molecule has 0 spiro atoms. The summed E-state index contributed by atoms with van der Waals surface area (Å²) in [6, 6.07) is 1.83. The first-order chi connectivity index (χ1) is 8.28. The summed E-state index contributed by atoms with van der Waals surface area (Å²) in [7, 11) is 0. The highest BCUT2D eigenvalue weighted by Gasteiger charge is 2.05. The van der Waals surface area contributed by atoms with Crippen LogP contribution in [-0.2, 0) is 0 Å². The lowest BCUT2D eigenvalue weighted by atomic mass is 10.4.